The van der Waals surface area contributed by atoms with Crippen molar-refractivity contribution in [3.8, 4) is 0 Å². The molecular weight excluding hydrogens is 969 g/mol. The normalized spacial score (nSPS) is 15.6. The van der Waals surface area contributed by atoms with E-state index in [1.54, 1.807) is 6.92 Å². The minimum absolute atomic E-state index is 0.00129. The number of carbonyl (C=O) groups is 14. The Balaban J connectivity index is 3.12. The van der Waals surface area contributed by atoms with Gasteiger partial charge in [-0.2, -0.15) is 0 Å². The fourth-order valence-corrected chi connectivity index (χ4v) is 7.72. The molecule has 0 aromatic rings. The summed E-state index contributed by atoms with van der Waals surface area (Å²) < 4.78 is 5.51. The number of nitrogens with zero attached hydrogens (tertiary/aromatic N) is 1. The third kappa shape index (κ3) is 26.5. The van der Waals surface area contributed by atoms with Crippen molar-refractivity contribution in [2.75, 3.05) is 26.3 Å². The van der Waals surface area contributed by atoms with E-state index in [0.717, 1.165) is 0 Å². The highest BCUT2D eigenvalue weighted by atomic mass is 16.5. The van der Waals surface area contributed by atoms with Gasteiger partial charge in [0.05, 0.1) is 24.7 Å². The quantitative estimate of drug-likeness (QED) is 0.0353. The van der Waals surface area contributed by atoms with Crippen LogP contribution in [0.1, 0.15) is 136 Å². The van der Waals surface area contributed by atoms with Crippen molar-refractivity contribution < 1.29 is 97.4 Å². The Labute approximate surface area is 421 Å². The Morgan fingerprint density at radius 1 is 0.603 bits per heavy atom. The summed E-state index contributed by atoms with van der Waals surface area (Å²) in [5, 5.41) is 56.3. The van der Waals surface area contributed by atoms with Crippen LogP contribution in [0.25, 0.3) is 0 Å². The standard InChI is InChI=1S/C47H72N6O20/c1-4-29(54)24-49-46(71)33(21-26(2)3)52-47(72)34-7-5-19-53(34)38(58)25-73-20-6-8-35(55)31(12-17-42(65)66)50-45(70)28(10-15-40(61)62)23-37(57)32(13-18-43(67)68)51-44(69)27(9-14-39(59)60)22-36(56)30(48)11-16-41(63)64/h26-28,30-34H,4-25,48H2,1-3H3,(H,49,71)(H,50,70)(H,51,69)(H,52,72)(H,59,60)(H,61,62)(H,63,64)(H,65,66)(H,67,68)/t27-,28-,30+,31+,32+,33-,34-/m0/s1. The van der Waals surface area contributed by atoms with Crippen molar-refractivity contribution in [3.05, 3.63) is 0 Å². The van der Waals surface area contributed by atoms with Crippen LogP contribution in [0.15, 0.2) is 0 Å². The average Bonchev–Trinajstić information content (AvgIpc) is 3.82. The molecule has 0 aromatic carbocycles. The first-order valence-corrected chi connectivity index (χ1v) is 24.3. The zero-order chi connectivity index (χ0) is 55.4. The lowest BCUT2D eigenvalue weighted by atomic mass is 9.89. The van der Waals surface area contributed by atoms with Crippen LogP contribution in [0.3, 0.4) is 0 Å². The number of carboxylic acids is 5. The lowest BCUT2D eigenvalue weighted by Crippen LogP contribution is -2.54. The van der Waals surface area contributed by atoms with Crippen LogP contribution < -0.4 is 27.0 Å². The van der Waals surface area contributed by atoms with Crippen molar-refractivity contribution in [3.63, 3.8) is 0 Å². The van der Waals surface area contributed by atoms with Crippen molar-refractivity contribution in [2.45, 2.75) is 167 Å². The summed E-state index contributed by atoms with van der Waals surface area (Å²) in [7, 11) is 0. The number of likely N-dealkylation sites (tertiary alicyclic amines) is 1. The molecule has 7 atom stereocenters. The van der Waals surface area contributed by atoms with Gasteiger partial charge in [-0.3, -0.25) is 67.1 Å². The van der Waals surface area contributed by atoms with Gasteiger partial charge in [-0.05, 0) is 63.7 Å². The summed E-state index contributed by atoms with van der Waals surface area (Å²) in [4.78, 5) is 177. The Kier molecular flexibility index (Phi) is 29.8. The zero-order valence-electron chi connectivity index (χ0n) is 41.6. The van der Waals surface area contributed by atoms with Crippen molar-refractivity contribution in [1.82, 2.24) is 26.2 Å². The topological polar surface area (TPSA) is 427 Å². The number of ketones is 4. The molecule has 26 heteroatoms. The summed E-state index contributed by atoms with van der Waals surface area (Å²) in [5.74, 6) is -16.2. The van der Waals surface area contributed by atoms with E-state index < -0.39 is 196 Å². The molecule has 1 heterocycles. The van der Waals surface area contributed by atoms with Crippen LogP contribution in [0, 0.1) is 17.8 Å². The van der Waals surface area contributed by atoms with Gasteiger partial charge in [-0.1, -0.05) is 20.8 Å². The number of nitrogens with two attached hydrogens (primary N) is 1. The molecule has 5 amide bonds. The van der Waals surface area contributed by atoms with Crippen LogP contribution in [-0.4, -0.2) is 169 Å². The smallest absolute Gasteiger partial charge is 0.303 e. The van der Waals surface area contributed by atoms with E-state index >= 15 is 0 Å². The molecule has 73 heavy (non-hydrogen) atoms. The highest BCUT2D eigenvalue weighted by molar-refractivity contribution is 5.97. The van der Waals surface area contributed by atoms with Gasteiger partial charge in [0.15, 0.2) is 17.3 Å². The molecule has 1 saturated heterocycles. The number of hydrogen-bond donors (Lipinski definition) is 10. The van der Waals surface area contributed by atoms with E-state index in [-0.39, 0.29) is 63.5 Å². The maximum atomic E-state index is 13.8. The van der Waals surface area contributed by atoms with Crippen LogP contribution in [0.5, 0.6) is 0 Å². The summed E-state index contributed by atoms with van der Waals surface area (Å²) in [6.45, 7) is 4.71. The molecule has 0 bridgehead atoms. The van der Waals surface area contributed by atoms with E-state index in [2.05, 4.69) is 21.3 Å². The van der Waals surface area contributed by atoms with Crippen LogP contribution >= 0.6 is 0 Å². The van der Waals surface area contributed by atoms with E-state index in [1.165, 1.54) is 4.90 Å². The minimum Gasteiger partial charge on any atom is -0.481 e. The van der Waals surface area contributed by atoms with Gasteiger partial charge in [0, 0.05) is 82.8 Å². The summed E-state index contributed by atoms with van der Waals surface area (Å²) >= 11 is 0. The van der Waals surface area contributed by atoms with Gasteiger partial charge < -0.3 is 62.2 Å². The average molecular weight is 1040 g/mol. The second kappa shape index (κ2) is 33.9. The molecule has 26 nitrogen and oxygen atoms in total. The Hall–Kier alpha value is -6.70. The van der Waals surface area contributed by atoms with Crippen LogP contribution in [-0.2, 0) is 71.9 Å². The van der Waals surface area contributed by atoms with Gasteiger partial charge in [0.2, 0.25) is 29.5 Å². The molecule has 0 spiro atoms. The molecule has 1 aliphatic rings. The number of aliphatic carboxylic acids is 5. The molecule has 1 rings (SSSR count). The van der Waals surface area contributed by atoms with Gasteiger partial charge in [0.1, 0.15) is 24.5 Å². The highest BCUT2D eigenvalue weighted by Crippen LogP contribution is 2.21. The van der Waals surface area contributed by atoms with Gasteiger partial charge in [-0.15, -0.1) is 0 Å². The SMILES string of the molecule is CCC(=O)CNC(=O)[C@H](CC(C)C)NC(=O)[C@@H]1CCCN1C(=O)COCCCC(=O)[C@@H](CCC(=O)O)NC(=O)[C@@H](CCC(=O)O)CC(=O)[C@@H](CCC(=O)O)NC(=O)[C@@H](CCC(=O)O)CC(=O)[C@H](N)CCC(=O)O. The third-order valence-corrected chi connectivity index (χ3v) is 11.8. The number of nitrogens with one attached hydrogen (secondary N) is 4. The fourth-order valence-electron chi connectivity index (χ4n) is 7.72. The van der Waals surface area contributed by atoms with Gasteiger partial charge >= 0.3 is 29.8 Å². The van der Waals surface area contributed by atoms with Crippen molar-refractivity contribution >= 4 is 82.5 Å². The minimum atomic E-state index is -1.68. The van der Waals surface area contributed by atoms with Gasteiger partial charge in [-0.25, -0.2) is 0 Å². The number of ether oxygens (including phenoxy) is 1. The lowest BCUT2D eigenvalue weighted by Gasteiger charge is -2.27. The van der Waals surface area contributed by atoms with E-state index in [4.69, 9.17) is 15.6 Å². The zero-order valence-corrected chi connectivity index (χ0v) is 41.6. The highest BCUT2D eigenvalue weighted by Gasteiger charge is 2.37. The molecular formula is C47H72N6O20. The number of amides is 5. The molecule has 0 radical (unpaired) electrons. The summed E-state index contributed by atoms with van der Waals surface area (Å²) in [6, 6.07) is -6.37. The molecule has 0 aliphatic carbocycles. The van der Waals surface area contributed by atoms with Crippen molar-refractivity contribution in [2.24, 2.45) is 23.5 Å². The molecule has 11 N–H and O–H groups in total. The second-order valence-electron chi connectivity index (χ2n) is 18.3. The third-order valence-electron chi connectivity index (χ3n) is 11.8. The number of carboxylic acid groups (broad SMARTS) is 5. The number of Topliss-reactive ketones (excluding diaryl/α,β-unsaturated/α-hetero) is 4. The largest absolute Gasteiger partial charge is 0.481 e. The number of carbonyl (C=O) groups excluding carboxylic acids is 9. The molecule has 1 aliphatic heterocycles. The Morgan fingerprint density at radius 3 is 1.58 bits per heavy atom. The fraction of sp³-hybridized carbons (Fsp3) is 0.702. The Bertz CT molecular complexity index is 1990. The predicted octanol–water partition coefficient (Wildman–Crippen LogP) is -0.259. The van der Waals surface area contributed by atoms with E-state index in [0.29, 0.717) is 12.8 Å². The monoisotopic (exact) mass is 1040 g/mol. The van der Waals surface area contributed by atoms with Gasteiger partial charge in [0.25, 0.3) is 0 Å². The summed E-state index contributed by atoms with van der Waals surface area (Å²) in [6.07, 6.45) is -6.03. The summed E-state index contributed by atoms with van der Waals surface area (Å²) in [5.41, 5.74) is 5.78. The number of hydrogen-bond acceptors (Lipinski definition) is 16. The van der Waals surface area contributed by atoms with Crippen LogP contribution in [0.4, 0.5) is 0 Å². The van der Waals surface area contributed by atoms with Crippen LogP contribution in [0.2, 0.25) is 0 Å². The number of rotatable bonds is 40. The molecule has 410 valence electrons. The lowest BCUT2D eigenvalue weighted by molar-refractivity contribution is -0.143. The Morgan fingerprint density at radius 2 is 1.08 bits per heavy atom. The van der Waals surface area contributed by atoms with Crippen molar-refractivity contribution in [1.29, 1.82) is 0 Å². The first-order valence-electron chi connectivity index (χ1n) is 24.3. The predicted molar refractivity (Wildman–Crippen MR) is 252 cm³/mol. The van der Waals surface area contributed by atoms with E-state index in [1.807, 2.05) is 13.8 Å². The molecule has 0 saturated carbocycles. The molecule has 1 fully saturated rings. The second-order valence-corrected chi connectivity index (χ2v) is 18.3. The molecule has 0 aromatic heterocycles. The maximum Gasteiger partial charge on any atom is 0.303 e. The first kappa shape index (κ1) is 64.3. The first-order chi connectivity index (χ1) is 34.2. The maximum absolute atomic E-state index is 13.8. The van der Waals surface area contributed by atoms with E-state index in [9.17, 15) is 87.5 Å². The molecule has 0 unspecified atom stereocenters.